The van der Waals surface area contributed by atoms with Crippen LogP contribution in [-0.4, -0.2) is 67.4 Å². The van der Waals surface area contributed by atoms with E-state index >= 15 is 0 Å². The molecule has 0 heterocycles. The molecule has 0 aliphatic carbocycles. The third-order valence-electron chi connectivity index (χ3n) is 6.47. The molecule has 0 radical (unpaired) electrons. The summed E-state index contributed by atoms with van der Waals surface area (Å²) in [5, 5.41) is 2.81. The van der Waals surface area contributed by atoms with Gasteiger partial charge in [0, 0.05) is 32.6 Å². The number of carbonyl (C=O) groups excluding carboxylic acids is 3. The van der Waals surface area contributed by atoms with Gasteiger partial charge in [-0.2, -0.15) is 0 Å². The zero-order valence-electron chi connectivity index (χ0n) is 23.1. The molecule has 0 unspecified atom stereocenters. The van der Waals surface area contributed by atoms with Gasteiger partial charge < -0.3 is 32.2 Å². The Bertz CT molecular complexity index is 994. The number of carbonyl (C=O) groups is 3. The van der Waals surface area contributed by atoms with Crippen LogP contribution in [0.15, 0.2) is 54.6 Å². The zero-order chi connectivity index (χ0) is 28.5. The van der Waals surface area contributed by atoms with E-state index in [1.807, 2.05) is 54.6 Å². The van der Waals surface area contributed by atoms with Gasteiger partial charge in [-0.3, -0.25) is 14.4 Å². The van der Waals surface area contributed by atoms with E-state index in [4.69, 9.17) is 21.9 Å². The van der Waals surface area contributed by atoms with E-state index in [-0.39, 0.29) is 37.6 Å². The molecule has 214 valence electrons. The number of ether oxygens (including phenoxy) is 1. The second-order valence-corrected chi connectivity index (χ2v) is 9.70. The number of nitrogens with zero attached hydrogens (tertiary/aromatic N) is 1. The summed E-state index contributed by atoms with van der Waals surface area (Å²) in [4.78, 5) is 40.4. The predicted octanol–water partition coefficient (Wildman–Crippen LogP) is 1.95. The number of benzene rings is 2. The van der Waals surface area contributed by atoms with E-state index in [0.29, 0.717) is 32.5 Å². The summed E-state index contributed by atoms with van der Waals surface area (Å²) in [6.07, 6.45) is 4.26. The van der Waals surface area contributed by atoms with Crippen molar-refractivity contribution in [3.63, 3.8) is 0 Å². The van der Waals surface area contributed by atoms with Crippen LogP contribution in [0.5, 0.6) is 5.75 Å². The van der Waals surface area contributed by atoms with Crippen LogP contribution in [-0.2, 0) is 27.2 Å². The Hall–Kier alpha value is -3.27. The molecule has 0 spiro atoms. The van der Waals surface area contributed by atoms with Crippen molar-refractivity contribution in [3.8, 4) is 5.75 Å². The van der Waals surface area contributed by atoms with Crippen molar-refractivity contribution < 1.29 is 19.1 Å². The molecule has 2 amide bonds. The van der Waals surface area contributed by atoms with Gasteiger partial charge in [0.05, 0.1) is 25.1 Å². The minimum Gasteiger partial charge on any atom is -0.494 e. The first kappa shape index (κ1) is 31.9. The van der Waals surface area contributed by atoms with Crippen LogP contribution >= 0.6 is 0 Å². The summed E-state index contributed by atoms with van der Waals surface area (Å²) < 4.78 is 5.76. The maximum Gasteiger partial charge on any atom is 0.238 e. The van der Waals surface area contributed by atoms with Crippen LogP contribution in [0.25, 0.3) is 0 Å². The molecule has 2 rings (SSSR count). The molecular formula is C30H45N5O4. The molecule has 2 atom stereocenters. The van der Waals surface area contributed by atoms with Gasteiger partial charge in [-0.05, 0) is 42.5 Å². The lowest BCUT2D eigenvalue weighted by molar-refractivity contribution is -0.134. The number of Topliss-reactive ketones (excluding diaryl/α,β-unsaturated/α-hetero) is 1. The Morgan fingerprint density at radius 3 is 2.21 bits per heavy atom. The molecule has 7 N–H and O–H groups in total. The molecule has 0 aliphatic rings. The Kier molecular flexibility index (Phi) is 14.8. The lowest BCUT2D eigenvalue weighted by Crippen LogP contribution is -2.51. The summed E-state index contributed by atoms with van der Waals surface area (Å²) in [6.45, 7) is 4.06. The minimum atomic E-state index is -1.09. The second kappa shape index (κ2) is 18.1. The molecule has 0 aliphatic heterocycles. The average molecular weight is 540 g/mol. The summed E-state index contributed by atoms with van der Waals surface area (Å²) in [5.74, 6) is -0.184. The first-order chi connectivity index (χ1) is 18.9. The third kappa shape index (κ3) is 12.0. The van der Waals surface area contributed by atoms with Gasteiger partial charge in [-0.1, -0.05) is 62.2 Å². The highest BCUT2D eigenvalue weighted by atomic mass is 16.5. The molecular weight excluding hydrogens is 494 g/mol. The SMILES string of the molecule is CCCCCOc1ccc(CC(=O)[C@H](CCc2ccccc2)NC(=O)[C@@H](N)CC(=O)N(CCN)CCN)cc1. The Balaban J connectivity index is 2.03. The van der Waals surface area contributed by atoms with Crippen LogP contribution < -0.4 is 27.3 Å². The smallest absolute Gasteiger partial charge is 0.238 e. The van der Waals surface area contributed by atoms with Gasteiger partial charge in [0.15, 0.2) is 5.78 Å². The predicted molar refractivity (Wildman–Crippen MR) is 154 cm³/mol. The van der Waals surface area contributed by atoms with Gasteiger partial charge in [0.2, 0.25) is 11.8 Å². The first-order valence-electron chi connectivity index (χ1n) is 13.9. The fourth-order valence-electron chi connectivity index (χ4n) is 4.20. The molecule has 9 heteroatoms. The van der Waals surface area contributed by atoms with Gasteiger partial charge in [-0.15, -0.1) is 0 Å². The molecule has 2 aromatic carbocycles. The molecule has 2 aromatic rings. The monoisotopic (exact) mass is 539 g/mol. The number of amides is 2. The molecule has 0 saturated heterocycles. The number of rotatable bonds is 19. The number of aryl methyl sites for hydroxylation is 1. The highest BCUT2D eigenvalue weighted by Crippen LogP contribution is 2.15. The average Bonchev–Trinajstić information content (AvgIpc) is 2.94. The van der Waals surface area contributed by atoms with Gasteiger partial charge >= 0.3 is 0 Å². The van der Waals surface area contributed by atoms with Gasteiger partial charge in [0.25, 0.3) is 0 Å². The van der Waals surface area contributed by atoms with Crippen LogP contribution in [0, 0.1) is 0 Å². The highest BCUT2D eigenvalue weighted by molar-refractivity contribution is 5.93. The maximum absolute atomic E-state index is 13.3. The second-order valence-electron chi connectivity index (χ2n) is 9.70. The number of hydrogen-bond donors (Lipinski definition) is 4. The van der Waals surface area contributed by atoms with Crippen LogP contribution in [0.1, 0.15) is 50.2 Å². The van der Waals surface area contributed by atoms with Crippen LogP contribution in [0.4, 0.5) is 0 Å². The number of hydrogen-bond acceptors (Lipinski definition) is 7. The molecule has 0 saturated carbocycles. The maximum atomic E-state index is 13.3. The fraction of sp³-hybridized carbons (Fsp3) is 0.500. The molecule has 9 nitrogen and oxygen atoms in total. The Morgan fingerprint density at radius 1 is 0.923 bits per heavy atom. The number of ketones is 1. The number of unbranched alkanes of at least 4 members (excludes halogenated alkanes) is 2. The summed E-state index contributed by atoms with van der Waals surface area (Å²) in [5.41, 5.74) is 19.1. The fourth-order valence-corrected chi connectivity index (χ4v) is 4.20. The highest BCUT2D eigenvalue weighted by Gasteiger charge is 2.26. The lowest BCUT2D eigenvalue weighted by Gasteiger charge is -2.24. The summed E-state index contributed by atoms with van der Waals surface area (Å²) in [7, 11) is 0. The van der Waals surface area contributed by atoms with Gasteiger partial charge in [-0.25, -0.2) is 0 Å². The molecule has 0 bridgehead atoms. The van der Waals surface area contributed by atoms with E-state index in [9.17, 15) is 14.4 Å². The van der Waals surface area contributed by atoms with Gasteiger partial charge in [0.1, 0.15) is 5.75 Å². The third-order valence-corrected chi connectivity index (χ3v) is 6.47. The van der Waals surface area contributed by atoms with Crippen molar-refractivity contribution >= 4 is 17.6 Å². The van der Waals surface area contributed by atoms with Crippen LogP contribution in [0.3, 0.4) is 0 Å². The van der Waals surface area contributed by atoms with Crippen molar-refractivity contribution in [3.05, 3.63) is 65.7 Å². The topological polar surface area (TPSA) is 154 Å². The summed E-state index contributed by atoms with van der Waals surface area (Å²) in [6, 6.07) is 15.4. The molecule has 0 aromatic heterocycles. The first-order valence-corrected chi connectivity index (χ1v) is 13.9. The van der Waals surface area contributed by atoms with E-state index < -0.39 is 18.0 Å². The van der Waals surface area contributed by atoms with Crippen molar-refractivity contribution in [1.29, 1.82) is 0 Å². The van der Waals surface area contributed by atoms with Crippen molar-refractivity contribution in [2.75, 3.05) is 32.8 Å². The van der Waals surface area contributed by atoms with Crippen molar-refractivity contribution in [2.45, 2.75) is 64.0 Å². The Morgan fingerprint density at radius 2 is 1.59 bits per heavy atom. The minimum absolute atomic E-state index is 0.123. The summed E-state index contributed by atoms with van der Waals surface area (Å²) >= 11 is 0. The van der Waals surface area contributed by atoms with Crippen molar-refractivity contribution in [2.24, 2.45) is 17.2 Å². The lowest BCUT2D eigenvalue weighted by atomic mass is 9.97. The quantitative estimate of drug-likeness (QED) is 0.199. The standard InChI is InChI=1S/C30H45N5O4/c1-2-3-7-20-39-25-13-10-24(11-14-25)21-28(36)27(15-12-23-8-5-4-6-9-23)34-30(38)26(33)22-29(37)35(18-16-31)19-17-32/h4-6,8-11,13-14,26-27H,2-3,7,12,15-22,31-33H2,1H3,(H,34,38)/t26-,27-/m0/s1. The zero-order valence-corrected chi connectivity index (χ0v) is 23.1. The molecule has 39 heavy (non-hydrogen) atoms. The van der Waals surface area contributed by atoms with E-state index in [1.54, 1.807) is 0 Å². The number of nitrogens with two attached hydrogens (primary N) is 3. The largest absolute Gasteiger partial charge is 0.494 e. The normalized spacial score (nSPS) is 12.4. The van der Waals surface area contributed by atoms with E-state index in [1.165, 1.54) is 4.90 Å². The molecule has 0 fully saturated rings. The number of nitrogens with one attached hydrogen (secondary N) is 1. The van der Waals surface area contributed by atoms with Crippen molar-refractivity contribution in [1.82, 2.24) is 10.2 Å². The van der Waals surface area contributed by atoms with E-state index in [0.717, 1.165) is 36.1 Å². The van der Waals surface area contributed by atoms with E-state index in [2.05, 4.69) is 12.2 Å². The Labute approximate surface area is 232 Å². The van der Waals surface area contributed by atoms with Crippen LogP contribution in [0.2, 0.25) is 0 Å².